The Labute approximate surface area is 117 Å². The minimum atomic E-state index is 0.559. The second-order valence-electron chi connectivity index (χ2n) is 4.64. The normalized spacial score (nSPS) is 10.7. The summed E-state index contributed by atoms with van der Waals surface area (Å²) in [5.74, 6) is 1.48. The molecule has 0 N–H and O–H groups in total. The highest BCUT2D eigenvalue weighted by Gasteiger charge is 2.00. The summed E-state index contributed by atoms with van der Waals surface area (Å²) in [4.78, 5) is 0. The van der Waals surface area contributed by atoms with Gasteiger partial charge in [0.25, 0.3) is 0 Å². The third kappa shape index (κ3) is 3.61. The fourth-order valence-corrected chi connectivity index (χ4v) is 2.19. The third-order valence-electron chi connectivity index (χ3n) is 2.84. The Morgan fingerprint density at radius 1 is 1.06 bits per heavy atom. The van der Waals surface area contributed by atoms with E-state index in [1.54, 1.807) is 0 Å². The Balaban J connectivity index is 1.98. The zero-order chi connectivity index (χ0) is 13.0. The molecular weight excluding hydrogens is 288 g/mol. The summed E-state index contributed by atoms with van der Waals surface area (Å²) in [7, 11) is 0. The van der Waals surface area contributed by atoms with E-state index >= 15 is 0 Å². The average molecular weight is 305 g/mol. The van der Waals surface area contributed by atoms with E-state index in [2.05, 4.69) is 54.0 Å². The minimum absolute atomic E-state index is 0.559. The van der Waals surface area contributed by atoms with Crippen LogP contribution in [-0.2, 0) is 6.61 Å². The van der Waals surface area contributed by atoms with Crippen molar-refractivity contribution in [1.82, 2.24) is 0 Å². The summed E-state index contributed by atoms with van der Waals surface area (Å²) in [5, 5.41) is 0. The molecule has 0 bridgehead atoms. The van der Waals surface area contributed by atoms with Crippen molar-refractivity contribution in [2.45, 2.75) is 26.4 Å². The molecule has 0 saturated carbocycles. The van der Waals surface area contributed by atoms with Gasteiger partial charge in [0.05, 0.1) is 0 Å². The van der Waals surface area contributed by atoms with Gasteiger partial charge in [-0.2, -0.15) is 0 Å². The van der Waals surface area contributed by atoms with Crippen molar-refractivity contribution < 1.29 is 4.74 Å². The molecule has 2 aromatic carbocycles. The molecule has 0 saturated heterocycles. The molecule has 1 nitrogen and oxygen atoms in total. The summed E-state index contributed by atoms with van der Waals surface area (Å²) in [5.41, 5.74) is 2.50. The summed E-state index contributed by atoms with van der Waals surface area (Å²) < 4.78 is 6.84. The van der Waals surface area contributed by atoms with Crippen molar-refractivity contribution >= 4 is 15.9 Å². The molecule has 0 aliphatic rings. The maximum atomic E-state index is 5.76. The van der Waals surface area contributed by atoms with Crippen LogP contribution in [0.1, 0.15) is 30.9 Å². The maximum Gasteiger partial charge on any atom is 0.119 e. The van der Waals surface area contributed by atoms with E-state index in [1.807, 2.05) is 24.3 Å². The van der Waals surface area contributed by atoms with Crippen LogP contribution in [0.2, 0.25) is 0 Å². The first kappa shape index (κ1) is 13.2. The van der Waals surface area contributed by atoms with Crippen LogP contribution >= 0.6 is 15.9 Å². The first-order valence-electron chi connectivity index (χ1n) is 6.12. The molecule has 0 atom stereocenters. The van der Waals surface area contributed by atoms with Gasteiger partial charge in [0.1, 0.15) is 12.4 Å². The number of rotatable bonds is 4. The average Bonchev–Trinajstić information content (AvgIpc) is 2.37. The maximum absolute atomic E-state index is 5.76. The highest BCUT2D eigenvalue weighted by molar-refractivity contribution is 9.10. The van der Waals surface area contributed by atoms with Crippen molar-refractivity contribution in [3.63, 3.8) is 0 Å². The largest absolute Gasteiger partial charge is 0.489 e. The SMILES string of the molecule is CC(C)c1ccc(OCc2cccc(Br)c2)cc1. The van der Waals surface area contributed by atoms with Gasteiger partial charge in [0, 0.05) is 4.47 Å². The van der Waals surface area contributed by atoms with Crippen LogP contribution in [0, 0.1) is 0 Å². The predicted molar refractivity (Wildman–Crippen MR) is 79.0 cm³/mol. The molecule has 2 heteroatoms. The predicted octanol–water partition coefficient (Wildman–Crippen LogP) is 5.15. The molecule has 0 aromatic heterocycles. The molecule has 0 radical (unpaired) electrons. The fraction of sp³-hybridized carbons (Fsp3) is 0.250. The lowest BCUT2D eigenvalue weighted by Crippen LogP contribution is -1.95. The van der Waals surface area contributed by atoms with E-state index in [1.165, 1.54) is 5.56 Å². The molecule has 0 fully saturated rings. The Hall–Kier alpha value is -1.28. The van der Waals surface area contributed by atoms with E-state index in [-0.39, 0.29) is 0 Å². The lowest BCUT2D eigenvalue weighted by molar-refractivity contribution is 0.306. The van der Waals surface area contributed by atoms with E-state index in [9.17, 15) is 0 Å². The van der Waals surface area contributed by atoms with Crippen LogP contribution in [0.5, 0.6) is 5.75 Å². The quantitative estimate of drug-likeness (QED) is 0.759. The van der Waals surface area contributed by atoms with Gasteiger partial charge in [0.15, 0.2) is 0 Å². The van der Waals surface area contributed by atoms with Crippen LogP contribution in [-0.4, -0.2) is 0 Å². The molecule has 18 heavy (non-hydrogen) atoms. The van der Waals surface area contributed by atoms with Gasteiger partial charge in [0.2, 0.25) is 0 Å². The second kappa shape index (κ2) is 6.05. The van der Waals surface area contributed by atoms with Gasteiger partial charge in [-0.15, -0.1) is 0 Å². The highest BCUT2D eigenvalue weighted by atomic mass is 79.9. The number of hydrogen-bond donors (Lipinski definition) is 0. The van der Waals surface area contributed by atoms with Crippen molar-refractivity contribution in [2.75, 3.05) is 0 Å². The first-order valence-corrected chi connectivity index (χ1v) is 6.91. The van der Waals surface area contributed by atoms with Crippen molar-refractivity contribution in [3.8, 4) is 5.75 Å². The summed E-state index contributed by atoms with van der Waals surface area (Å²) in [6, 6.07) is 16.5. The van der Waals surface area contributed by atoms with E-state index in [0.29, 0.717) is 12.5 Å². The van der Waals surface area contributed by atoms with Crippen LogP contribution in [0.15, 0.2) is 53.0 Å². The summed E-state index contributed by atoms with van der Waals surface area (Å²) in [6.07, 6.45) is 0. The zero-order valence-electron chi connectivity index (χ0n) is 10.7. The molecule has 0 heterocycles. The van der Waals surface area contributed by atoms with Crippen molar-refractivity contribution in [3.05, 3.63) is 64.1 Å². The van der Waals surface area contributed by atoms with E-state index in [4.69, 9.17) is 4.74 Å². The van der Waals surface area contributed by atoms with Crippen molar-refractivity contribution in [1.29, 1.82) is 0 Å². The van der Waals surface area contributed by atoms with Gasteiger partial charge in [-0.05, 0) is 41.3 Å². The summed E-state index contributed by atoms with van der Waals surface area (Å²) in [6.45, 7) is 4.98. The molecular formula is C16H17BrO. The number of halogens is 1. The minimum Gasteiger partial charge on any atom is -0.489 e. The van der Waals surface area contributed by atoms with Gasteiger partial charge >= 0.3 is 0 Å². The first-order chi connectivity index (χ1) is 8.65. The van der Waals surface area contributed by atoms with Gasteiger partial charge < -0.3 is 4.74 Å². The molecule has 0 aliphatic heterocycles. The highest BCUT2D eigenvalue weighted by Crippen LogP contribution is 2.20. The Morgan fingerprint density at radius 2 is 1.78 bits per heavy atom. The monoisotopic (exact) mass is 304 g/mol. The molecule has 0 amide bonds. The number of benzene rings is 2. The lowest BCUT2D eigenvalue weighted by atomic mass is 10.0. The zero-order valence-corrected chi connectivity index (χ0v) is 12.3. The van der Waals surface area contributed by atoms with Gasteiger partial charge in [-0.1, -0.05) is 54.0 Å². The summed E-state index contributed by atoms with van der Waals surface area (Å²) >= 11 is 3.46. The second-order valence-corrected chi connectivity index (χ2v) is 5.56. The third-order valence-corrected chi connectivity index (χ3v) is 3.33. The molecule has 2 aromatic rings. The van der Waals surface area contributed by atoms with Gasteiger partial charge in [-0.3, -0.25) is 0 Å². The molecule has 0 aliphatic carbocycles. The molecule has 0 spiro atoms. The van der Waals surface area contributed by atoms with Crippen LogP contribution in [0.3, 0.4) is 0 Å². The standard InChI is InChI=1S/C16H17BrO/c1-12(2)14-6-8-16(9-7-14)18-11-13-4-3-5-15(17)10-13/h3-10,12H,11H2,1-2H3. The van der Waals surface area contributed by atoms with Crippen LogP contribution < -0.4 is 4.74 Å². The lowest BCUT2D eigenvalue weighted by Gasteiger charge is -2.09. The topological polar surface area (TPSA) is 9.23 Å². The Kier molecular flexibility index (Phi) is 4.43. The van der Waals surface area contributed by atoms with E-state index in [0.717, 1.165) is 15.8 Å². The molecule has 0 unspecified atom stereocenters. The number of ether oxygens (including phenoxy) is 1. The van der Waals surface area contributed by atoms with Crippen molar-refractivity contribution in [2.24, 2.45) is 0 Å². The fourth-order valence-electron chi connectivity index (χ4n) is 1.74. The number of hydrogen-bond acceptors (Lipinski definition) is 1. The smallest absolute Gasteiger partial charge is 0.119 e. The van der Waals surface area contributed by atoms with Crippen LogP contribution in [0.4, 0.5) is 0 Å². The van der Waals surface area contributed by atoms with Crippen LogP contribution in [0.25, 0.3) is 0 Å². The van der Waals surface area contributed by atoms with Gasteiger partial charge in [-0.25, -0.2) is 0 Å². The Bertz CT molecular complexity index is 503. The molecule has 2 rings (SSSR count). The Morgan fingerprint density at radius 3 is 2.39 bits per heavy atom. The van der Waals surface area contributed by atoms with E-state index < -0.39 is 0 Å². The molecule has 94 valence electrons.